The van der Waals surface area contributed by atoms with E-state index >= 15 is 0 Å². The van der Waals surface area contributed by atoms with Gasteiger partial charge in [0, 0.05) is 24.6 Å². The lowest BCUT2D eigenvalue weighted by molar-refractivity contribution is 0.536. The zero-order valence-electron chi connectivity index (χ0n) is 12.3. The molecule has 0 aliphatic carbocycles. The van der Waals surface area contributed by atoms with Gasteiger partial charge in [0.25, 0.3) is 0 Å². The molecule has 0 aliphatic rings. The fourth-order valence-electron chi connectivity index (χ4n) is 1.95. The van der Waals surface area contributed by atoms with Crippen LogP contribution in [0.3, 0.4) is 0 Å². The Hall–Kier alpha value is -0.640. The third kappa shape index (κ3) is 3.67. The Kier molecular flexibility index (Phi) is 5.14. The lowest BCUT2D eigenvalue weighted by Crippen LogP contribution is -2.32. The van der Waals surface area contributed by atoms with Crippen molar-refractivity contribution in [3.8, 4) is 0 Å². The number of hydrogen-bond donors (Lipinski definition) is 0. The van der Waals surface area contributed by atoms with Crippen molar-refractivity contribution in [2.24, 2.45) is 0 Å². The predicted molar refractivity (Wildman–Crippen MR) is 81.2 cm³/mol. The number of nitrogens with zero attached hydrogens (tertiary/aromatic N) is 3. The van der Waals surface area contributed by atoms with Crippen LogP contribution in [0.1, 0.15) is 53.3 Å². The fraction of sp³-hybridized carbons (Fsp3) is 0.714. The molecule has 0 unspecified atom stereocenters. The minimum Gasteiger partial charge on any atom is -0.357 e. The van der Waals surface area contributed by atoms with Crippen molar-refractivity contribution in [1.29, 1.82) is 0 Å². The number of halogens is 1. The van der Waals surface area contributed by atoms with Crippen molar-refractivity contribution >= 4 is 21.7 Å². The van der Waals surface area contributed by atoms with Crippen LogP contribution in [-0.2, 0) is 5.41 Å². The van der Waals surface area contributed by atoms with E-state index in [1.165, 1.54) is 0 Å². The molecule has 0 bridgehead atoms. The first-order chi connectivity index (χ1) is 8.29. The Morgan fingerprint density at radius 1 is 1.22 bits per heavy atom. The predicted octanol–water partition coefficient (Wildman–Crippen LogP) is 4.16. The molecule has 1 heterocycles. The molecule has 0 saturated heterocycles. The van der Waals surface area contributed by atoms with Crippen molar-refractivity contribution in [2.75, 3.05) is 11.9 Å². The molecule has 1 aromatic rings. The average molecular weight is 314 g/mol. The van der Waals surface area contributed by atoms with E-state index in [-0.39, 0.29) is 5.41 Å². The highest BCUT2D eigenvalue weighted by atomic mass is 79.9. The minimum absolute atomic E-state index is 0.0344. The first-order valence-electron chi connectivity index (χ1n) is 6.57. The molecule has 4 heteroatoms. The molecule has 0 aliphatic heterocycles. The summed E-state index contributed by atoms with van der Waals surface area (Å²) in [6.45, 7) is 10.8. The monoisotopic (exact) mass is 313 g/mol. The van der Waals surface area contributed by atoms with Gasteiger partial charge in [-0.25, -0.2) is 9.97 Å². The van der Waals surface area contributed by atoms with Crippen LogP contribution in [0, 0.1) is 0 Å². The van der Waals surface area contributed by atoms with Gasteiger partial charge < -0.3 is 4.90 Å². The molecule has 0 aromatic carbocycles. The Bertz CT molecular complexity index is 395. The molecule has 3 nitrogen and oxygen atoms in total. The van der Waals surface area contributed by atoms with Gasteiger partial charge in [0.05, 0.1) is 0 Å². The first-order valence-corrected chi connectivity index (χ1v) is 7.36. The van der Waals surface area contributed by atoms with Gasteiger partial charge in [-0.05, 0) is 28.8 Å². The Morgan fingerprint density at radius 3 is 2.22 bits per heavy atom. The molecular weight excluding hydrogens is 290 g/mol. The number of rotatable bonds is 4. The molecule has 102 valence electrons. The number of anilines is 1. The second kappa shape index (κ2) is 6.00. The van der Waals surface area contributed by atoms with Crippen LogP contribution in [0.25, 0.3) is 0 Å². The third-order valence-electron chi connectivity index (χ3n) is 3.20. The van der Waals surface area contributed by atoms with Crippen molar-refractivity contribution in [3.63, 3.8) is 0 Å². The smallest absolute Gasteiger partial charge is 0.137 e. The molecule has 1 rings (SSSR count). The zero-order chi connectivity index (χ0) is 13.9. The highest BCUT2D eigenvalue weighted by molar-refractivity contribution is 9.10. The summed E-state index contributed by atoms with van der Waals surface area (Å²) in [5.41, 5.74) is -0.0344. The van der Waals surface area contributed by atoms with Gasteiger partial charge in [0.2, 0.25) is 0 Å². The fourth-order valence-corrected chi connectivity index (χ4v) is 2.32. The van der Waals surface area contributed by atoms with Crippen LogP contribution in [0.4, 0.5) is 5.82 Å². The van der Waals surface area contributed by atoms with Crippen molar-refractivity contribution < 1.29 is 0 Å². The van der Waals surface area contributed by atoms with Crippen LogP contribution >= 0.6 is 15.9 Å². The molecule has 0 atom stereocenters. The first kappa shape index (κ1) is 15.4. The molecular formula is C14H24BrN3. The number of hydrogen-bond acceptors (Lipinski definition) is 3. The second-order valence-electron chi connectivity index (χ2n) is 5.70. The Labute approximate surface area is 119 Å². The second-order valence-corrected chi connectivity index (χ2v) is 6.52. The molecule has 0 amide bonds. The standard InChI is InChI=1S/C14H24BrN3/c1-7-10(8-2)18(6)12-9-11(15)16-13(17-12)14(3,4)5/h9-10H,7-8H2,1-6H3. The summed E-state index contributed by atoms with van der Waals surface area (Å²) in [4.78, 5) is 11.4. The SMILES string of the molecule is CCC(CC)N(C)c1cc(Br)nc(C(C)(C)C)n1. The summed E-state index contributed by atoms with van der Waals surface area (Å²) < 4.78 is 0.857. The molecule has 0 N–H and O–H groups in total. The van der Waals surface area contributed by atoms with Gasteiger partial charge in [-0.3, -0.25) is 0 Å². The van der Waals surface area contributed by atoms with E-state index in [1.807, 2.05) is 6.07 Å². The highest BCUT2D eigenvalue weighted by Crippen LogP contribution is 2.25. The maximum Gasteiger partial charge on any atom is 0.137 e. The van der Waals surface area contributed by atoms with Gasteiger partial charge >= 0.3 is 0 Å². The molecule has 0 saturated carbocycles. The summed E-state index contributed by atoms with van der Waals surface area (Å²) in [6.07, 6.45) is 2.25. The maximum absolute atomic E-state index is 4.71. The van der Waals surface area contributed by atoms with Crippen LogP contribution in [-0.4, -0.2) is 23.1 Å². The molecule has 0 radical (unpaired) electrons. The van der Waals surface area contributed by atoms with E-state index in [9.17, 15) is 0 Å². The van der Waals surface area contributed by atoms with Crippen LogP contribution < -0.4 is 4.90 Å². The van der Waals surface area contributed by atoms with Gasteiger partial charge in [-0.15, -0.1) is 0 Å². The quantitative estimate of drug-likeness (QED) is 0.781. The van der Waals surface area contributed by atoms with Crippen LogP contribution in [0.2, 0.25) is 0 Å². The topological polar surface area (TPSA) is 29.0 Å². The number of aromatic nitrogens is 2. The van der Waals surface area contributed by atoms with E-state index in [4.69, 9.17) is 4.98 Å². The van der Waals surface area contributed by atoms with E-state index < -0.39 is 0 Å². The third-order valence-corrected chi connectivity index (χ3v) is 3.61. The Morgan fingerprint density at radius 2 is 1.78 bits per heavy atom. The van der Waals surface area contributed by atoms with Crippen molar-refractivity contribution in [1.82, 2.24) is 9.97 Å². The zero-order valence-corrected chi connectivity index (χ0v) is 13.9. The lowest BCUT2D eigenvalue weighted by atomic mass is 9.96. The Balaban J connectivity index is 3.13. The normalized spacial score (nSPS) is 12.0. The lowest BCUT2D eigenvalue weighted by Gasteiger charge is -2.28. The minimum atomic E-state index is -0.0344. The summed E-state index contributed by atoms with van der Waals surface area (Å²) in [6, 6.07) is 2.52. The molecule has 0 spiro atoms. The van der Waals surface area contributed by atoms with Crippen LogP contribution in [0.5, 0.6) is 0 Å². The van der Waals surface area contributed by atoms with E-state index in [0.717, 1.165) is 29.1 Å². The van der Waals surface area contributed by atoms with Gasteiger partial charge in [-0.1, -0.05) is 34.6 Å². The summed E-state index contributed by atoms with van der Waals surface area (Å²) in [7, 11) is 2.11. The largest absolute Gasteiger partial charge is 0.357 e. The van der Waals surface area contributed by atoms with Gasteiger partial charge in [-0.2, -0.15) is 0 Å². The highest BCUT2D eigenvalue weighted by Gasteiger charge is 2.21. The van der Waals surface area contributed by atoms with Gasteiger partial charge in [0.15, 0.2) is 0 Å². The molecule has 18 heavy (non-hydrogen) atoms. The molecule has 0 fully saturated rings. The van der Waals surface area contributed by atoms with Gasteiger partial charge in [0.1, 0.15) is 16.2 Å². The molecule has 1 aromatic heterocycles. The average Bonchev–Trinajstić information content (AvgIpc) is 2.28. The summed E-state index contributed by atoms with van der Waals surface area (Å²) in [5.74, 6) is 1.88. The van der Waals surface area contributed by atoms with Crippen LogP contribution in [0.15, 0.2) is 10.7 Å². The van der Waals surface area contributed by atoms with E-state index in [2.05, 4.69) is 67.5 Å². The summed E-state index contributed by atoms with van der Waals surface area (Å²) >= 11 is 3.49. The van der Waals surface area contributed by atoms with E-state index in [0.29, 0.717) is 6.04 Å². The van der Waals surface area contributed by atoms with Crippen molar-refractivity contribution in [2.45, 2.75) is 58.9 Å². The van der Waals surface area contributed by atoms with Crippen molar-refractivity contribution in [3.05, 3.63) is 16.5 Å². The maximum atomic E-state index is 4.71. The van der Waals surface area contributed by atoms with E-state index in [1.54, 1.807) is 0 Å². The summed E-state index contributed by atoms with van der Waals surface area (Å²) in [5, 5.41) is 0.